The minimum atomic E-state index is -0.150. The first kappa shape index (κ1) is 20.2. The molecule has 5 rings (SSSR count). The number of carbonyl (C=O) groups is 1. The molecule has 2 N–H and O–H groups in total. The van der Waals surface area contributed by atoms with Gasteiger partial charge in [0.2, 0.25) is 0 Å². The summed E-state index contributed by atoms with van der Waals surface area (Å²) in [4.78, 5) is 21.8. The predicted octanol–water partition coefficient (Wildman–Crippen LogP) is 3.97. The first-order chi connectivity index (χ1) is 15.8. The molecule has 160 valence electrons. The highest BCUT2D eigenvalue weighted by Gasteiger charge is 2.16. The van der Waals surface area contributed by atoms with Gasteiger partial charge in [-0.3, -0.25) is 9.78 Å². The van der Waals surface area contributed by atoms with Gasteiger partial charge in [0.25, 0.3) is 5.91 Å². The van der Waals surface area contributed by atoms with Gasteiger partial charge in [-0.2, -0.15) is 0 Å². The molecule has 0 radical (unpaired) electrons. The fraction of sp³-hybridized carbons (Fsp3) is 0.192. The molecular weight excluding hydrogens is 400 g/mol. The van der Waals surface area contributed by atoms with Crippen molar-refractivity contribution in [1.29, 1.82) is 0 Å². The number of hydrogen-bond acceptors (Lipinski definition) is 5. The van der Waals surface area contributed by atoms with Gasteiger partial charge in [-0.1, -0.05) is 30.3 Å². The van der Waals surface area contributed by atoms with Gasteiger partial charge in [0.05, 0.1) is 16.8 Å². The van der Waals surface area contributed by atoms with Crippen molar-refractivity contribution in [3.63, 3.8) is 0 Å². The summed E-state index contributed by atoms with van der Waals surface area (Å²) in [5.41, 5.74) is 4.01. The van der Waals surface area contributed by atoms with Crippen LogP contribution in [0.5, 0.6) is 5.75 Å². The lowest BCUT2D eigenvalue weighted by atomic mass is 10.1. The molecule has 0 aliphatic carbocycles. The lowest BCUT2D eigenvalue weighted by Gasteiger charge is -2.13. The summed E-state index contributed by atoms with van der Waals surface area (Å²) in [6.45, 7) is 2.30. The van der Waals surface area contributed by atoms with E-state index in [1.165, 1.54) is 0 Å². The van der Waals surface area contributed by atoms with E-state index in [9.17, 15) is 4.79 Å². The number of rotatable bonds is 6. The minimum Gasteiger partial charge on any atom is -0.489 e. The summed E-state index contributed by atoms with van der Waals surface area (Å²) in [7, 11) is 0. The van der Waals surface area contributed by atoms with Crippen molar-refractivity contribution in [2.45, 2.75) is 19.1 Å². The maximum atomic E-state index is 12.9. The Labute approximate surface area is 186 Å². The van der Waals surface area contributed by atoms with E-state index in [1.54, 1.807) is 12.4 Å². The van der Waals surface area contributed by atoms with E-state index in [2.05, 4.69) is 15.6 Å². The van der Waals surface area contributed by atoms with Crippen LogP contribution in [0.1, 0.15) is 22.3 Å². The van der Waals surface area contributed by atoms with Crippen molar-refractivity contribution in [2.24, 2.45) is 0 Å². The maximum Gasteiger partial charge on any atom is 0.253 e. The van der Waals surface area contributed by atoms with Gasteiger partial charge in [-0.15, -0.1) is 0 Å². The summed E-state index contributed by atoms with van der Waals surface area (Å²) < 4.78 is 6.10. The number of para-hydroxylation sites is 1. The summed E-state index contributed by atoms with van der Waals surface area (Å²) in [6.07, 6.45) is 4.64. The van der Waals surface area contributed by atoms with Crippen LogP contribution in [0.4, 0.5) is 0 Å². The van der Waals surface area contributed by atoms with Crippen LogP contribution in [0.25, 0.3) is 22.2 Å². The highest BCUT2D eigenvalue weighted by atomic mass is 16.5. The first-order valence-corrected chi connectivity index (χ1v) is 10.8. The Balaban J connectivity index is 1.41. The topological polar surface area (TPSA) is 76.1 Å². The molecule has 0 spiro atoms. The van der Waals surface area contributed by atoms with Crippen LogP contribution in [0.15, 0.2) is 79.1 Å². The SMILES string of the molecule is O=C(NCc1ccncc1)c1cccc2ccc(-c3cccc(O[C@@H]4CCNC4)c3)nc12. The molecule has 0 bridgehead atoms. The van der Waals surface area contributed by atoms with Gasteiger partial charge in [-0.25, -0.2) is 4.98 Å². The maximum absolute atomic E-state index is 12.9. The number of pyridine rings is 2. The summed E-state index contributed by atoms with van der Waals surface area (Å²) >= 11 is 0. The van der Waals surface area contributed by atoms with Crippen LogP contribution >= 0.6 is 0 Å². The van der Waals surface area contributed by atoms with E-state index < -0.39 is 0 Å². The summed E-state index contributed by atoms with van der Waals surface area (Å²) in [5, 5.41) is 7.23. The first-order valence-electron chi connectivity index (χ1n) is 10.8. The molecule has 0 saturated carbocycles. The monoisotopic (exact) mass is 424 g/mol. The molecule has 1 amide bonds. The number of amides is 1. The third kappa shape index (κ3) is 4.45. The second-order valence-electron chi connectivity index (χ2n) is 7.87. The normalized spacial score (nSPS) is 15.6. The van der Waals surface area contributed by atoms with E-state index in [0.29, 0.717) is 17.6 Å². The van der Waals surface area contributed by atoms with Crippen LogP contribution in [0.3, 0.4) is 0 Å². The molecule has 1 atom stereocenters. The highest BCUT2D eigenvalue weighted by molar-refractivity contribution is 6.05. The zero-order valence-corrected chi connectivity index (χ0v) is 17.6. The van der Waals surface area contributed by atoms with Gasteiger partial charge in [0.15, 0.2) is 0 Å². The van der Waals surface area contributed by atoms with Gasteiger partial charge < -0.3 is 15.4 Å². The highest BCUT2D eigenvalue weighted by Crippen LogP contribution is 2.27. The van der Waals surface area contributed by atoms with E-state index in [4.69, 9.17) is 9.72 Å². The van der Waals surface area contributed by atoms with Crippen LogP contribution in [-0.4, -0.2) is 35.1 Å². The summed E-state index contributed by atoms with van der Waals surface area (Å²) in [5.74, 6) is 0.685. The van der Waals surface area contributed by atoms with E-state index in [0.717, 1.165) is 47.5 Å². The van der Waals surface area contributed by atoms with Gasteiger partial charge in [0, 0.05) is 36.4 Å². The number of hydrogen-bond donors (Lipinski definition) is 2. The molecule has 6 nitrogen and oxygen atoms in total. The molecule has 6 heteroatoms. The molecule has 3 heterocycles. The Kier molecular flexibility index (Phi) is 5.77. The Morgan fingerprint density at radius 3 is 2.78 bits per heavy atom. The van der Waals surface area contributed by atoms with Crippen LogP contribution < -0.4 is 15.4 Å². The molecule has 0 unspecified atom stereocenters. The molecule has 4 aromatic rings. The van der Waals surface area contributed by atoms with Gasteiger partial charge >= 0.3 is 0 Å². The third-order valence-electron chi connectivity index (χ3n) is 5.61. The number of fused-ring (bicyclic) bond motifs is 1. The molecule has 32 heavy (non-hydrogen) atoms. The average Bonchev–Trinajstić information content (AvgIpc) is 3.35. The second-order valence-corrected chi connectivity index (χ2v) is 7.87. The molecule has 1 saturated heterocycles. The smallest absolute Gasteiger partial charge is 0.253 e. The van der Waals surface area contributed by atoms with Crippen LogP contribution in [-0.2, 0) is 6.54 Å². The van der Waals surface area contributed by atoms with Crippen LogP contribution in [0, 0.1) is 0 Å². The number of carbonyl (C=O) groups excluding carboxylic acids is 1. The van der Waals surface area contributed by atoms with E-state index in [-0.39, 0.29) is 12.0 Å². The fourth-order valence-electron chi connectivity index (χ4n) is 3.92. The second kappa shape index (κ2) is 9.16. The van der Waals surface area contributed by atoms with Crippen molar-refractivity contribution in [3.05, 3.63) is 90.3 Å². The zero-order valence-electron chi connectivity index (χ0n) is 17.6. The van der Waals surface area contributed by atoms with Crippen LogP contribution in [0.2, 0.25) is 0 Å². The Bertz CT molecular complexity index is 1240. The van der Waals surface area contributed by atoms with Gasteiger partial charge in [0.1, 0.15) is 11.9 Å². The Hall–Kier alpha value is -3.77. The van der Waals surface area contributed by atoms with Crippen molar-refractivity contribution in [2.75, 3.05) is 13.1 Å². The number of nitrogens with zero attached hydrogens (tertiary/aromatic N) is 2. The average molecular weight is 425 g/mol. The van der Waals surface area contributed by atoms with Crippen molar-refractivity contribution in [3.8, 4) is 17.0 Å². The number of aromatic nitrogens is 2. The quantitative estimate of drug-likeness (QED) is 0.490. The molecular formula is C26H24N4O2. The van der Waals surface area contributed by atoms with E-state index >= 15 is 0 Å². The number of ether oxygens (including phenoxy) is 1. The van der Waals surface area contributed by atoms with Crippen molar-refractivity contribution >= 4 is 16.8 Å². The minimum absolute atomic E-state index is 0.150. The molecule has 2 aromatic carbocycles. The largest absolute Gasteiger partial charge is 0.489 e. The third-order valence-corrected chi connectivity index (χ3v) is 5.61. The standard InChI is InChI=1S/C26H24N4O2/c31-26(29-16-18-9-12-27-13-10-18)23-6-2-3-19-7-8-24(30-25(19)23)20-4-1-5-21(15-20)32-22-11-14-28-17-22/h1-10,12-13,15,22,28H,11,14,16-17H2,(H,29,31)/t22-/m1/s1. The molecule has 2 aromatic heterocycles. The molecule has 1 aliphatic heterocycles. The predicted molar refractivity (Wildman–Crippen MR) is 124 cm³/mol. The fourth-order valence-corrected chi connectivity index (χ4v) is 3.92. The molecule has 1 aliphatic rings. The number of benzene rings is 2. The van der Waals surface area contributed by atoms with E-state index in [1.807, 2.05) is 66.7 Å². The van der Waals surface area contributed by atoms with Crippen molar-refractivity contribution < 1.29 is 9.53 Å². The zero-order chi connectivity index (χ0) is 21.8. The van der Waals surface area contributed by atoms with Crippen molar-refractivity contribution in [1.82, 2.24) is 20.6 Å². The lowest BCUT2D eigenvalue weighted by molar-refractivity contribution is 0.0952. The Morgan fingerprint density at radius 1 is 1.06 bits per heavy atom. The van der Waals surface area contributed by atoms with Gasteiger partial charge in [-0.05, 0) is 54.9 Å². The number of nitrogens with one attached hydrogen (secondary N) is 2. The lowest BCUT2D eigenvalue weighted by Crippen LogP contribution is -2.23. The Morgan fingerprint density at radius 2 is 1.94 bits per heavy atom. The molecule has 1 fully saturated rings. The summed E-state index contributed by atoms with van der Waals surface area (Å²) in [6, 6.07) is 21.4.